The van der Waals surface area contributed by atoms with Crippen molar-refractivity contribution in [3.63, 3.8) is 0 Å². The van der Waals surface area contributed by atoms with Crippen molar-refractivity contribution in [3.8, 4) is 5.69 Å². The Labute approximate surface area is 116 Å². The van der Waals surface area contributed by atoms with Crippen LogP contribution in [0, 0.1) is 6.92 Å². The number of hydrogen-bond acceptors (Lipinski definition) is 2. The molecule has 0 aliphatic carbocycles. The van der Waals surface area contributed by atoms with Crippen LogP contribution < -0.4 is 0 Å². The van der Waals surface area contributed by atoms with E-state index in [0.29, 0.717) is 17.6 Å². The van der Waals surface area contributed by atoms with Crippen molar-refractivity contribution in [2.24, 2.45) is 0 Å². The van der Waals surface area contributed by atoms with Crippen LogP contribution in [-0.2, 0) is 17.2 Å². The minimum atomic E-state index is 0.323. The summed E-state index contributed by atoms with van der Waals surface area (Å²) in [6.07, 6.45) is 0. The van der Waals surface area contributed by atoms with E-state index >= 15 is 0 Å². The molecule has 18 heavy (non-hydrogen) atoms. The van der Waals surface area contributed by atoms with Gasteiger partial charge in [-0.05, 0) is 18.6 Å². The van der Waals surface area contributed by atoms with Crippen molar-refractivity contribution >= 4 is 23.2 Å². The summed E-state index contributed by atoms with van der Waals surface area (Å²) >= 11 is 12.3. The number of aromatic nitrogens is 2. The molecule has 0 atom stereocenters. The quantitative estimate of drug-likeness (QED) is 0.800. The van der Waals surface area contributed by atoms with Gasteiger partial charge in [0.2, 0.25) is 0 Å². The first-order valence-corrected chi connectivity index (χ1v) is 6.47. The highest BCUT2D eigenvalue weighted by Crippen LogP contribution is 2.27. The Bertz CT molecular complexity index is 552. The Morgan fingerprint density at radius 2 is 2.06 bits per heavy atom. The molecule has 2 aromatic rings. The number of nitrogens with zero attached hydrogens (tertiary/aromatic N) is 2. The fraction of sp³-hybridized carbons (Fsp3) is 0.308. The molecule has 0 N–H and O–H groups in total. The molecule has 2 rings (SSSR count). The number of rotatable bonds is 4. The standard InChI is InChI=1S/C13H14Cl2N2O/c1-9-5-3-4-6-12(9)17-13(15)10(7-14)11(16-17)8-18-2/h3-6H,7-8H2,1-2H3. The average Bonchev–Trinajstić information content (AvgIpc) is 2.67. The van der Waals surface area contributed by atoms with Crippen molar-refractivity contribution in [2.45, 2.75) is 19.4 Å². The van der Waals surface area contributed by atoms with Crippen LogP contribution >= 0.6 is 23.2 Å². The van der Waals surface area contributed by atoms with E-state index in [4.69, 9.17) is 27.9 Å². The van der Waals surface area contributed by atoms with Gasteiger partial charge in [-0.15, -0.1) is 11.6 Å². The summed E-state index contributed by atoms with van der Waals surface area (Å²) in [6, 6.07) is 7.93. The van der Waals surface area contributed by atoms with Gasteiger partial charge in [-0.3, -0.25) is 0 Å². The zero-order chi connectivity index (χ0) is 13.1. The Morgan fingerprint density at radius 3 is 2.67 bits per heavy atom. The molecule has 5 heteroatoms. The molecule has 1 heterocycles. The lowest BCUT2D eigenvalue weighted by atomic mass is 10.2. The SMILES string of the molecule is COCc1nn(-c2ccccc2C)c(Cl)c1CCl. The summed E-state index contributed by atoms with van der Waals surface area (Å²) in [6.45, 7) is 2.42. The molecular formula is C13H14Cl2N2O. The molecule has 0 amide bonds. The number of alkyl halides is 1. The van der Waals surface area contributed by atoms with Gasteiger partial charge in [0.1, 0.15) is 5.15 Å². The largest absolute Gasteiger partial charge is 0.378 e. The van der Waals surface area contributed by atoms with Gasteiger partial charge in [0.25, 0.3) is 0 Å². The van der Waals surface area contributed by atoms with Crippen molar-refractivity contribution in [2.75, 3.05) is 7.11 Å². The van der Waals surface area contributed by atoms with Gasteiger partial charge >= 0.3 is 0 Å². The molecule has 0 aliphatic heterocycles. The van der Waals surface area contributed by atoms with Crippen LogP contribution in [-0.4, -0.2) is 16.9 Å². The van der Waals surface area contributed by atoms with Crippen LogP contribution in [0.15, 0.2) is 24.3 Å². The molecule has 0 aliphatic rings. The summed E-state index contributed by atoms with van der Waals surface area (Å²) in [5.41, 5.74) is 3.66. The lowest BCUT2D eigenvalue weighted by Crippen LogP contribution is -2.00. The van der Waals surface area contributed by atoms with Crippen LogP contribution in [0.25, 0.3) is 5.69 Å². The molecule has 0 radical (unpaired) electrons. The van der Waals surface area contributed by atoms with E-state index in [1.807, 2.05) is 31.2 Å². The third-order valence-electron chi connectivity index (χ3n) is 2.76. The van der Waals surface area contributed by atoms with Crippen molar-refractivity contribution < 1.29 is 4.74 Å². The molecule has 0 unspecified atom stereocenters. The van der Waals surface area contributed by atoms with E-state index in [0.717, 1.165) is 22.5 Å². The average molecular weight is 285 g/mol. The minimum Gasteiger partial charge on any atom is -0.378 e. The van der Waals surface area contributed by atoms with E-state index in [9.17, 15) is 0 Å². The number of para-hydroxylation sites is 1. The van der Waals surface area contributed by atoms with E-state index in [1.165, 1.54) is 0 Å². The van der Waals surface area contributed by atoms with E-state index in [1.54, 1.807) is 11.8 Å². The number of aryl methyl sites for hydroxylation is 1. The van der Waals surface area contributed by atoms with Gasteiger partial charge in [-0.2, -0.15) is 5.10 Å². The summed E-state index contributed by atoms with van der Waals surface area (Å²) in [7, 11) is 1.62. The molecule has 1 aromatic heterocycles. The summed E-state index contributed by atoms with van der Waals surface area (Å²) in [5.74, 6) is 0.323. The van der Waals surface area contributed by atoms with Crippen molar-refractivity contribution in [1.29, 1.82) is 0 Å². The molecule has 0 saturated carbocycles. The van der Waals surface area contributed by atoms with Crippen LogP contribution in [0.2, 0.25) is 5.15 Å². The highest BCUT2D eigenvalue weighted by atomic mass is 35.5. The predicted molar refractivity (Wildman–Crippen MR) is 73.6 cm³/mol. The maximum absolute atomic E-state index is 6.33. The molecule has 0 spiro atoms. The second-order valence-electron chi connectivity index (χ2n) is 3.98. The minimum absolute atomic E-state index is 0.323. The molecule has 0 fully saturated rings. The zero-order valence-electron chi connectivity index (χ0n) is 10.3. The third kappa shape index (κ3) is 2.39. The molecule has 1 aromatic carbocycles. The number of ether oxygens (including phenoxy) is 1. The maximum Gasteiger partial charge on any atom is 0.137 e. The molecule has 0 saturated heterocycles. The Balaban J connectivity index is 2.55. The molecule has 3 nitrogen and oxygen atoms in total. The van der Waals surface area contributed by atoms with Gasteiger partial charge in [-0.25, -0.2) is 4.68 Å². The predicted octanol–water partition coefficient (Wildman–Crippen LogP) is 3.72. The smallest absolute Gasteiger partial charge is 0.137 e. The fourth-order valence-corrected chi connectivity index (χ4v) is 2.47. The normalized spacial score (nSPS) is 10.9. The molecule has 0 bridgehead atoms. The Morgan fingerprint density at radius 1 is 1.33 bits per heavy atom. The molecular weight excluding hydrogens is 271 g/mol. The lowest BCUT2D eigenvalue weighted by molar-refractivity contribution is 0.180. The number of benzene rings is 1. The first kappa shape index (κ1) is 13.4. The van der Waals surface area contributed by atoms with Crippen molar-refractivity contribution in [1.82, 2.24) is 9.78 Å². The van der Waals surface area contributed by atoms with Crippen LogP contribution in [0.4, 0.5) is 0 Å². The van der Waals surface area contributed by atoms with Gasteiger partial charge < -0.3 is 4.74 Å². The Kier molecular flexibility index (Phi) is 4.27. The number of methoxy groups -OCH3 is 1. The second-order valence-corrected chi connectivity index (χ2v) is 4.61. The highest BCUT2D eigenvalue weighted by molar-refractivity contribution is 6.31. The summed E-state index contributed by atoms with van der Waals surface area (Å²) in [4.78, 5) is 0. The molecule has 96 valence electrons. The maximum atomic E-state index is 6.33. The van der Waals surface area contributed by atoms with Gasteiger partial charge in [0.05, 0.1) is 23.9 Å². The number of hydrogen-bond donors (Lipinski definition) is 0. The van der Waals surface area contributed by atoms with Gasteiger partial charge in [0.15, 0.2) is 0 Å². The zero-order valence-corrected chi connectivity index (χ0v) is 11.8. The van der Waals surface area contributed by atoms with Crippen LogP contribution in [0.1, 0.15) is 16.8 Å². The lowest BCUT2D eigenvalue weighted by Gasteiger charge is -2.06. The highest BCUT2D eigenvalue weighted by Gasteiger charge is 2.17. The first-order chi connectivity index (χ1) is 8.69. The summed E-state index contributed by atoms with van der Waals surface area (Å²) in [5, 5.41) is 5.02. The Hall–Kier alpha value is -1.03. The topological polar surface area (TPSA) is 27.1 Å². The number of halogens is 2. The fourth-order valence-electron chi connectivity index (χ4n) is 1.82. The van der Waals surface area contributed by atoms with Gasteiger partial charge in [-0.1, -0.05) is 29.8 Å². The second kappa shape index (κ2) is 5.74. The van der Waals surface area contributed by atoms with Crippen molar-refractivity contribution in [3.05, 3.63) is 46.2 Å². The van der Waals surface area contributed by atoms with E-state index in [2.05, 4.69) is 5.10 Å². The summed E-state index contributed by atoms with van der Waals surface area (Å²) < 4.78 is 6.82. The van der Waals surface area contributed by atoms with E-state index < -0.39 is 0 Å². The first-order valence-electron chi connectivity index (χ1n) is 5.56. The van der Waals surface area contributed by atoms with E-state index in [-0.39, 0.29) is 0 Å². The monoisotopic (exact) mass is 284 g/mol. The van der Waals surface area contributed by atoms with Crippen LogP contribution in [0.5, 0.6) is 0 Å². The third-order valence-corrected chi connectivity index (χ3v) is 3.42. The van der Waals surface area contributed by atoms with Gasteiger partial charge in [0, 0.05) is 12.7 Å². The van der Waals surface area contributed by atoms with Crippen LogP contribution in [0.3, 0.4) is 0 Å².